The van der Waals surface area contributed by atoms with E-state index in [1.54, 1.807) is 6.92 Å². The highest BCUT2D eigenvalue weighted by molar-refractivity contribution is 5.76. The predicted octanol–water partition coefficient (Wildman–Crippen LogP) is 2.62. The van der Waals surface area contributed by atoms with Gasteiger partial charge in [-0.1, -0.05) is 23.8 Å². The lowest BCUT2D eigenvalue weighted by molar-refractivity contribution is -0.188. The first-order valence-corrected chi connectivity index (χ1v) is 11.0. The molecule has 0 aromatic rings. The fourth-order valence-electron chi connectivity index (χ4n) is 4.15. The minimum Gasteiger partial charge on any atom is -0.393 e. The van der Waals surface area contributed by atoms with Gasteiger partial charge in [-0.15, -0.1) is 0 Å². The quantitative estimate of drug-likeness (QED) is 0.461. The second-order valence-corrected chi connectivity index (χ2v) is 9.56. The third kappa shape index (κ3) is 7.46. The van der Waals surface area contributed by atoms with Gasteiger partial charge in [0, 0.05) is 25.7 Å². The van der Waals surface area contributed by atoms with E-state index in [4.69, 9.17) is 18.9 Å². The summed E-state index contributed by atoms with van der Waals surface area (Å²) >= 11 is 0. The van der Waals surface area contributed by atoms with Gasteiger partial charge in [0.25, 0.3) is 0 Å². The minimum atomic E-state index is -0.470. The van der Waals surface area contributed by atoms with E-state index >= 15 is 0 Å². The van der Waals surface area contributed by atoms with E-state index in [1.807, 2.05) is 0 Å². The van der Waals surface area contributed by atoms with Crippen LogP contribution in [0.25, 0.3) is 0 Å². The molecule has 0 radical (unpaired) electrons. The van der Waals surface area contributed by atoms with E-state index in [-0.39, 0.29) is 35.5 Å². The van der Waals surface area contributed by atoms with E-state index in [0.29, 0.717) is 32.5 Å². The molecule has 3 aliphatic heterocycles. The number of hydrogen-bond acceptors (Lipinski definition) is 6. The lowest BCUT2D eigenvalue weighted by atomic mass is 9.85. The number of nitrogens with one attached hydrogen (secondary N) is 1. The third-order valence-electron chi connectivity index (χ3n) is 5.67. The van der Waals surface area contributed by atoms with Gasteiger partial charge in [0.1, 0.15) is 0 Å². The van der Waals surface area contributed by atoms with Gasteiger partial charge in [-0.2, -0.15) is 0 Å². The molecule has 1 spiro atoms. The van der Waals surface area contributed by atoms with Crippen LogP contribution in [-0.4, -0.2) is 66.6 Å². The number of aliphatic hydroxyl groups is 1. The van der Waals surface area contributed by atoms with Crippen LogP contribution in [0.15, 0.2) is 23.8 Å². The molecule has 3 fully saturated rings. The summed E-state index contributed by atoms with van der Waals surface area (Å²) < 4.78 is 23.3. The molecule has 30 heavy (non-hydrogen) atoms. The van der Waals surface area contributed by atoms with Crippen LogP contribution in [0, 0.1) is 0 Å². The number of allylic oxidation sites excluding steroid dienone is 2. The first-order chi connectivity index (χ1) is 14.1. The zero-order chi connectivity index (χ0) is 21.8. The molecule has 3 aliphatic rings. The average molecular weight is 424 g/mol. The number of epoxide rings is 1. The molecule has 3 heterocycles. The molecule has 0 bridgehead atoms. The fourth-order valence-corrected chi connectivity index (χ4v) is 4.15. The molecule has 3 rings (SSSR count). The molecule has 7 heteroatoms. The standard InChI is InChI=1S/C23H37NO6/c1-16(5-8-19-11-23(15-29-23)14-22(3,4)30-19)6-10-21-27-12-18(13-28-21)24-20(26)9-7-17(2)25/h5-6,8,17-19,21,25H,7,9-15H2,1-4H3,(H,24,26)/b8-5+,16-6+/t17-,18-,19+,21+,23+/m0/s1. The Morgan fingerprint density at radius 3 is 2.63 bits per heavy atom. The van der Waals surface area contributed by atoms with Gasteiger partial charge < -0.3 is 29.4 Å². The van der Waals surface area contributed by atoms with Crippen molar-refractivity contribution in [2.75, 3.05) is 19.8 Å². The Bertz CT molecular complexity index is 638. The molecule has 0 saturated carbocycles. The minimum absolute atomic E-state index is 0.0282. The fraction of sp³-hybridized carbons (Fsp3) is 0.783. The van der Waals surface area contributed by atoms with E-state index in [0.717, 1.165) is 25.0 Å². The van der Waals surface area contributed by atoms with Crippen molar-refractivity contribution in [3.63, 3.8) is 0 Å². The van der Waals surface area contributed by atoms with Gasteiger partial charge in [-0.05, 0) is 34.1 Å². The van der Waals surface area contributed by atoms with Crippen LogP contribution < -0.4 is 5.32 Å². The second-order valence-electron chi connectivity index (χ2n) is 9.56. The molecule has 2 N–H and O–H groups in total. The second kappa shape index (κ2) is 9.92. The number of aliphatic hydroxyl groups excluding tert-OH is 1. The number of carbonyl (C=O) groups is 1. The maximum Gasteiger partial charge on any atom is 0.220 e. The molecule has 0 unspecified atom stereocenters. The van der Waals surface area contributed by atoms with E-state index < -0.39 is 6.10 Å². The van der Waals surface area contributed by atoms with Crippen molar-refractivity contribution in [2.24, 2.45) is 0 Å². The summed E-state index contributed by atoms with van der Waals surface area (Å²) in [4.78, 5) is 11.8. The maximum absolute atomic E-state index is 11.8. The van der Waals surface area contributed by atoms with Crippen molar-refractivity contribution in [1.29, 1.82) is 0 Å². The SMILES string of the molecule is CC(/C=C/[C@@H]1C[C@]2(CO2)CC(C)(C)O1)=C\C[C@H]1OC[C@@H](NC(=O)CC[C@H](C)O)CO1. The van der Waals surface area contributed by atoms with Gasteiger partial charge >= 0.3 is 0 Å². The topological polar surface area (TPSA) is 89.5 Å². The van der Waals surface area contributed by atoms with Crippen LogP contribution in [0.2, 0.25) is 0 Å². The highest BCUT2D eigenvalue weighted by Crippen LogP contribution is 2.46. The van der Waals surface area contributed by atoms with Crippen molar-refractivity contribution < 1.29 is 28.8 Å². The van der Waals surface area contributed by atoms with Crippen LogP contribution in [0.5, 0.6) is 0 Å². The number of carbonyl (C=O) groups excluding carboxylic acids is 1. The van der Waals surface area contributed by atoms with Gasteiger partial charge in [0.05, 0.1) is 49.3 Å². The molecule has 3 saturated heterocycles. The Morgan fingerprint density at radius 1 is 1.30 bits per heavy atom. The van der Waals surface area contributed by atoms with Crippen LogP contribution in [0.1, 0.15) is 59.8 Å². The number of hydrogen-bond donors (Lipinski definition) is 2. The third-order valence-corrected chi connectivity index (χ3v) is 5.67. The number of rotatable bonds is 8. The van der Waals surface area contributed by atoms with Crippen LogP contribution in [-0.2, 0) is 23.7 Å². The summed E-state index contributed by atoms with van der Waals surface area (Å²) in [6.07, 6.45) is 8.90. The number of ether oxygens (including phenoxy) is 4. The Labute approximate surface area is 179 Å². The highest BCUT2D eigenvalue weighted by atomic mass is 16.7. The Morgan fingerprint density at radius 2 is 2.00 bits per heavy atom. The molecule has 1 amide bonds. The summed E-state index contributed by atoms with van der Waals surface area (Å²) in [6, 6.07) is -0.142. The summed E-state index contributed by atoms with van der Waals surface area (Å²) in [5.41, 5.74) is 1.00. The van der Waals surface area contributed by atoms with Crippen molar-refractivity contribution in [2.45, 2.75) is 95.5 Å². The Kier molecular flexibility index (Phi) is 7.74. The lowest BCUT2D eigenvalue weighted by Gasteiger charge is -2.38. The largest absolute Gasteiger partial charge is 0.393 e. The van der Waals surface area contributed by atoms with Gasteiger partial charge in [-0.3, -0.25) is 4.79 Å². The molecular formula is C23H37NO6. The first-order valence-electron chi connectivity index (χ1n) is 11.0. The molecule has 0 aliphatic carbocycles. The number of amides is 1. The molecular weight excluding hydrogens is 386 g/mol. The van der Waals surface area contributed by atoms with E-state index in [1.165, 1.54) is 0 Å². The summed E-state index contributed by atoms with van der Waals surface area (Å²) in [5, 5.41) is 12.1. The maximum atomic E-state index is 11.8. The summed E-state index contributed by atoms with van der Waals surface area (Å²) in [5.74, 6) is -0.0843. The van der Waals surface area contributed by atoms with Crippen molar-refractivity contribution in [3.05, 3.63) is 23.8 Å². The van der Waals surface area contributed by atoms with E-state index in [9.17, 15) is 9.90 Å². The van der Waals surface area contributed by atoms with Gasteiger partial charge in [-0.25, -0.2) is 0 Å². The smallest absolute Gasteiger partial charge is 0.220 e. The zero-order valence-electron chi connectivity index (χ0n) is 18.7. The predicted molar refractivity (Wildman–Crippen MR) is 113 cm³/mol. The average Bonchev–Trinajstić information content (AvgIpc) is 3.40. The Balaban J connectivity index is 1.37. The van der Waals surface area contributed by atoms with Crippen molar-refractivity contribution >= 4 is 5.91 Å². The Hall–Kier alpha value is -1.25. The first kappa shape index (κ1) is 23.4. The molecule has 170 valence electrons. The van der Waals surface area contributed by atoms with Crippen LogP contribution in [0.3, 0.4) is 0 Å². The molecule has 7 nitrogen and oxygen atoms in total. The highest BCUT2D eigenvalue weighted by Gasteiger charge is 2.53. The van der Waals surface area contributed by atoms with Crippen molar-refractivity contribution in [3.8, 4) is 0 Å². The van der Waals surface area contributed by atoms with E-state index in [2.05, 4.69) is 44.3 Å². The zero-order valence-corrected chi connectivity index (χ0v) is 18.7. The van der Waals surface area contributed by atoms with Gasteiger partial charge in [0.2, 0.25) is 5.91 Å². The van der Waals surface area contributed by atoms with Crippen LogP contribution >= 0.6 is 0 Å². The normalized spacial score (nSPS) is 34.8. The summed E-state index contributed by atoms with van der Waals surface area (Å²) in [7, 11) is 0. The van der Waals surface area contributed by atoms with Crippen molar-refractivity contribution in [1.82, 2.24) is 5.32 Å². The molecule has 0 aromatic heterocycles. The lowest BCUT2D eigenvalue weighted by Crippen LogP contribution is -2.47. The van der Waals surface area contributed by atoms with Gasteiger partial charge in [0.15, 0.2) is 6.29 Å². The van der Waals surface area contributed by atoms with Crippen LogP contribution in [0.4, 0.5) is 0 Å². The molecule has 0 aromatic carbocycles. The molecule has 3 atom stereocenters. The monoisotopic (exact) mass is 423 g/mol. The summed E-state index contributed by atoms with van der Waals surface area (Å²) in [6.45, 7) is 9.69.